The molecule has 5 heteroatoms. The Hall–Kier alpha value is -1.45. The fourth-order valence-electron chi connectivity index (χ4n) is 2.06. The summed E-state index contributed by atoms with van der Waals surface area (Å²) in [5, 5.41) is 2.96. The molecule has 3 N–H and O–H groups in total. The van der Waals surface area contributed by atoms with E-state index in [-0.39, 0.29) is 0 Å². The molecule has 2 rings (SSSR count). The standard InChI is InChI=1S/C15H18NO3P/c17-20(18,19)15(14-9-5-2-6-10-14)16-12-11-13-7-3-1-4-8-13/h1-10,15-16H,11-12H2,(H2,17,18,19)/t15-/m1/s1. The number of hydrogen-bond donors (Lipinski definition) is 3. The molecule has 0 radical (unpaired) electrons. The zero-order valence-electron chi connectivity index (χ0n) is 11.0. The van der Waals surface area contributed by atoms with Gasteiger partial charge in [0.15, 0.2) is 0 Å². The lowest BCUT2D eigenvalue weighted by Crippen LogP contribution is -2.23. The van der Waals surface area contributed by atoms with Crippen molar-refractivity contribution in [2.24, 2.45) is 0 Å². The van der Waals surface area contributed by atoms with E-state index >= 15 is 0 Å². The second-order valence-electron chi connectivity index (χ2n) is 4.59. The van der Waals surface area contributed by atoms with Gasteiger partial charge in [0.05, 0.1) is 0 Å². The van der Waals surface area contributed by atoms with Crippen LogP contribution in [0.4, 0.5) is 0 Å². The van der Waals surface area contributed by atoms with Crippen LogP contribution in [0.15, 0.2) is 60.7 Å². The van der Waals surface area contributed by atoms with Gasteiger partial charge in [-0.05, 0) is 17.5 Å². The van der Waals surface area contributed by atoms with E-state index in [1.54, 1.807) is 24.3 Å². The summed E-state index contributed by atoms with van der Waals surface area (Å²) < 4.78 is 11.6. The van der Waals surface area contributed by atoms with E-state index in [4.69, 9.17) is 0 Å². The van der Waals surface area contributed by atoms with Crippen LogP contribution in [0, 0.1) is 0 Å². The van der Waals surface area contributed by atoms with Crippen molar-refractivity contribution in [1.82, 2.24) is 5.32 Å². The Labute approximate surface area is 118 Å². The summed E-state index contributed by atoms with van der Waals surface area (Å²) in [4.78, 5) is 19.0. The molecule has 0 heterocycles. The van der Waals surface area contributed by atoms with Crippen molar-refractivity contribution < 1.29 is 14.4 Å². The van der Waals surface area contributed by atoms with Gasteiger partial charge in [0.25, 0.3) is 0 Å². The molecule has 0 aliphatic heterocycles. The topological polar surface area (TPSA) is 69.6 Å². The Kier molecular flexibility index (Phi) is 5.10. The predicted molar refractivity (Wildman–Crippen MR) is 79.4 cm³/mol. The van der Waals surface area contributed by atoms with E-state index in [0.29, 0.717) is 12.1 Å². The maximum Gasteiger partial charge on any atom is 0.346 e. The molecule has 106 valence electrons. The number of hydrogen-bond acceptors (Lipinski definition) is 2. The van der Waals surface area contributed by atoms with Crippen LogP contribution in [-0.4, -0.2) is 16.3 Å². The lowest BCUT2D eigenvalue weighted by atomic mass is 10.1. The highest BCUT2D eigenvalue weighted by Gasteiger charge is 2.29. The third-order valence-electron chi connectivity index (χ3n) is 3.05. The van der Waals surface area contributed by atoms with Gasteiger partial charge in [-0.25, -0.2) is 0 Å². The van der Waals surface area contributed by atoms with E-state index in [1.165, 1.54) is 0 Å². The summed E-state index contributed by atoms with van der Waals surface area (Å²) in [7, 11) is -4.23. The van der Waals surface area contributed by atoms with Crippen molar-refractivity contribution in [2.75, 3.05) is 6.54 Å². The van der Waals surface area contributed by atoms with Crippen molar-refractivity contribution in [3.63, 3.8) is 0 Å². The maximum absolute atomic E-state index is 11.6. The lowest BCUT2D eigenvalue weighted by molar-refractivity contribution is 0.348. The van der Waals surface area contributed by atoms with Gasteiger partial charge in [-0.2, -0.15) is 0 Å². The molecule has 0 spiro atoms. The molecule has 0 unspecified atom stereocenters. The molecule has 4 nitrogen and oxygen atoms in total. The quantitative estimate of drug-likeness (QED) is 0.716. The molecule has 0 aromatic heterocycles. The third-order valence-corrected chi connectivity index (χ3v) is 4.20. The molecule has 0 fully saturated rings. The molecule has 20 heavy (non-hydrogen) atoms. The average Bonchev–Trinajstić information content (AvgIpc) is 2.44. The fourth-order valence-corrected chi connectivity index (χ4v) is 2.99. The Balaban J connectivity index is 2.01. The summed E-state index contributed by atoms with van der Waals surface area (Å²) >= 11 is 0. The van der Waals surface area contributed by atoms with Gasteiger partial charge in [0.1, 0.15) is 5.78 Å². The van der Waals surface area contributed by atoms with Crippen LogP contribution < -0.4 is 5.32 Å². The Morgan fingerprint density at radius 2 is 1.50 bits per heavy atom. The molecule has 2 aromatic carbocycles. The van der Waals surface area contributed by atoms with Gasteiger partial charge in [-0.15, -0.1) is 0 Å². The van der Waals surface area contributed by atoms with Crippen LogP contribution in [-0.2, 0) is 11.0 Å². The summed E-state index contributed by atoms with van der Waals surface area (Å²) in [5.74, 6) is -0.951. The van der Waals surface area contributed by atoms with Gasteiger partial charge in [0, 0.05) is 6.54 Å². The zero-order chi connectivity index (χ0) is 14.4. The predicted octanol–water partition coefficient (Wildman–Crippen LogP) is 2.70. The minimum absolute atomic E-state index is 0.509. The van der Waals surface area contributed by atoms with Crippen LogP contribution >= 0.6 is 7.60 Å². The molecule has 0 amide bonds. The Morgan fingerprint density at radius 1 is 0.950 bits per heavy atom. The second-order valence-corrected chi connectivity index (χ2v) is 6.29. The monoisotopic (exact) mass is 291 g/mol. The minimum atomic E-state index is -4.23. The summed E-state index contributed by atoms with van der Waals surface area (Å²) in [6.07, 6.45) is 0.726. The number of rotatable bonds is 6. The largest absolute Gasteiger partial charge is 0.346 e. The molecule has 1 atom stereocenters. The molecule has 0 aliphatic carbocycles. The maximum atomic E-state index is 11.6. The number of benzene rings is 2. The Bertz CT molecular complexity index is 568. The van der Waals surface area contributed by atoms with Gasteiger partial charge in [-0.3, -0.25) is 9.88 Å². The highest BCUT2D eigenvalue weighted by molar-refractivity contribution is 7.52. The average molecular weight is 291 g/mol. The van der Waals surface area contributed by atoms with E-state index < -0.39 is 13.4 Å². The molecule has 0 saturated carbocycles. The van der Waals surface area contributed by atoms with E-state index in [2.05, 4.69) is 5.32 Å². The van der Waals surface area contributed by atoms with Gasteiger partial charge < -0.3 is 9.79 Å². The zero-order valence-corrected chi connectivity index (χ0v) is 11.9. The molecular weight excluding hydrogens is 273 g/mol. The second kappa shape index (κ2) is 6.82. The Morgan fingerprint density at radius 3 is 2.05 bits per heavy atom. The molecule has 0 bridgehead atoms. The van der Waals surface area contributed by atoms with Crippen LogP contribution in [0.2, 0.25) is 0 Å². The summed E-state index contributed by atoms with van der Waals surface area (Å²) in [5.41, 5.74) is 1.74. The minimum Gasteiger partial charge on any atom is -0.323 e. The van der Waals surface area contributed by atoms with Crippen LogP contribution in [0.1, 0.15) is 16.9 Å². The highest BCUT2D eigenvalue weighted by atomic mass is 31.2. The van der Waals surface area contributed by atoms with Crippen molar-refractivity contribution in [3.05, 3.63) is 71.8 Å². The third kappa shape index (κ3) is 4.29. The first kappa shape index (κ1) is 14.9. The molecule has 0 saturated heterocycles. The SMILES string of the molecule is O=P(O)(O)[C@@H](NCCc1ccccc1)c1ccccc1. The van der Waals surface area contributed by atoms with Crippen LogP contribution in [0.25, 0.3) is 0 Å². The van der Waals surface area contributed by atoms with Crippen LogP contribution in [0.5, 0.6) is 0 Å². The smallest absolute Gasteiger partial charge is 0.323 e. The van der Waals surface area contributed by atoms with Crippen LogP contribution in [0.3, 0.4) is 0 Å². The first-order valence-electron chi connectivity index (χ1n) is 6.45. The summed E-state index contributed by atoms with van der Waals surface area (Å²) in [6.45, 7) is 0.509. The lowest BCUT2D eigenvalue weighted by Gasteiger charge is -2.20. The molecule has 2 aromatic rings. The first-order chi connectivity index (χ1) is 9.57. The van der Waals surface area contributed by atoms with Gasteiger partial charge in [-0.1, -0.05) is 60.7 Å². The molecular formula is C15H18NO3P. The number of nitrogens with one attached hydrogen (secondary N) is 1. The normalized spacial score (nSPS) is 13.1. The summed E-state index contributed by atoms with van der Waals surface area (Å²) in [6, 6.07) is 18.7. The fraction of sp³-hybridized carbons (Fsp3) is 0.200. The van der Waals surface area contributed by atoms with E-state index in [1.807, 2.05) is 36.4 Å². The highest BCUT2D eigenvalue weighted by Crippen LogP contribution is 2.49. The first-order valence-corrected chi connectivity index (χ1v) is 8.13. The van der Waals surface area contributed by atoms with E-state index in [0.717, 1.165) is 12.0 Å². The van der Waals surface area contributed by atoms with E-state index in [9.17, 15) is 14.4 Å². The van der Waals surface area contributed by atoms with Crippen molar-refractivity contribution in [2.45, 2.75) is 12.2 Å². The van der Waals surface area contributed by atoms with Crippen molar-refractivity contribution in [3.8, 4) is 0 Å². The van der Waals surface area contributed by atoms with Crippen molar-refractivity contribution >= 4 is 7.60 Å². The molecule has 0 aliphatic rings. The van der Waals surface area contributed by atoms with Gasteiger partial charge >= 0.3 is 7.60 Å². The van der Waals surface area contributed by atoms with Crippen molar-refractivity contribution in [1.29, 1.82) is 0 Å². The van der Waals surface area contributed by atoms with Gasteiger partial charge in [0.2, 0.25) is 0 Å².